The van der Waals surface area contributed by atoms with Crippen molar-refractivity contribution in [3.8, 4) is 0 Å². The van der Waals surface area contributed by atoms with E-state index in [9.17, 15) is 4.79 Å². The van der Waals surface area contributed by atoms with E-state index < -0.39 is 5.54 Å². The molecule has 0 unspecified atom stereocenters. The van der Waals surface area contributed by atoms with E-state index in [1.165, 1.54) is 5.56 Å². The van der Waals surface area contributed by atoms with Crippen molar-refractivity contribution in [3.05, 3.63) is 34.3 Å². The second-order valence-electron chi connectivity index (χ2n) is 4.70. The van der Waals surface area contributed by atoms with Crippen molar-refractivity contribution < 1.29 is 4.79 Å². The minimum atomic E-state index is -0.586. The molecule has 2 N–H and O–H groups in total. The van der Waals surface area contributed by atoms with Crippen LogP contribution in [0, 0.1) is 0 Å². The number of rotatable bonds is 2. The Morgan fingerprint density at radius 1 is 1.44 bits per heavy atom. The summed E-state index contributed by atoms with van der Waals surface area (Å²) in [6.07, 6.45) is 2.60. The van der Waals surface area contributed by atoms with Gasteiger partial charge in [0.15, 0.2) is 0 Å². The molecule has 2 atom stereocenters. The molecule has 2 rings (SSSR count). The van der Waals surface area contributed by atoms with Crippen LogP contribution in [0.25, 0.3) is 0 Å². The first-order valence-corrected chi connectivity index (χ1v) is 6.36. The lowest BCUT2D eigenvalue weighted by Gasteiger charge is -2.20. The minimum absolute atomic E-state index is 0.118. The maximum atomic E-state index is 11.5. The monoisotopic (exact) mass is 281 g/mol. The lowest BCUT2D eigenvalue weighted by molar-refractivity contribution is -0.121. The van der Waals surface area contributed by atoms with Gasteiger partial charge in [0.2, 0.25) is 0 Å². The first kappa shape index (κ1) is 11.8. The molecular formula is C13H16BrNO. The van der Waals surface area contributed by atoms with Gasteiger partial charge in [-0.3, -0.25) is 4.79 Å². The number of carbonyl (C=O) groups excluding carboxylic acids is 1. The van der Waals surface area contributed by atoms with Gasteiger partial charge in [0.25, 0.3) is 0 Å². The highest BCUT2D eigenvalue weighted by atomic mass is 79.9. The molecule has 1 saturated carbocycles. The molecule has 0 aromatic heterocycles. The highest BCUT2D eigenvalue weighted by Gasteiger charge is 2.39. The average molecular weight is 282 g/mol. The first-order chi connectivity index (χ1) is 7.51. The van der Waals surface area contributed by atoms with E-state index in [0.29, 0.717) is 5.92 Å². The molecule has 0 spiro atoms. The zero-order valence-electron chi connectivity index (χ0n) is 9.37. The summed E-state index contributed by atoms with van der Waals surface area (Å²) in [5.41, 5.74) is 6.80. The van der Waals surface area contributed by atoms with Crippen LogP contribution < -0.4 is 5.73 Å². The van der Waals surface area contributed by atoms with E-state index in [2.05, 4.69) is 28.1 Å². The summed E-state index contributed by atoms with van der Waals surface area (Å²) in [5.74, 6) is 0.550. The molecule has 86 valence electrons. The normalized spacial score (nSPS) is 29.3. The second kappa shape index (κ2) is 4.30. The molecule has 0 aliphatic heterocycles. The van der Waals surface area contributed by atoms with Gasteiger partial charge in [0.05, 0.1) is 5.54 Å². The summed E-state index contributed by atoms with van der Waals surface area (Å²) in [4.78, 5) is 11.5. The van der Waals surface area contributed by atoms with E-state index in [4.69, 9.17) is 5.73 Å². The Morgan fingerprint density at radius 2 is 2.06 bits per heavy atom. The standard InChI is InChI=1S/C13H16BrNO/c1-9(16)13(15)7-6-11(8-13)10-2-4-12(14)5-3-10/h2-5,11H,6-8,15H2,1H3/t11-,13-/m1/s1. The molecule has 0 bridgehead atoms. The lowest BCUT2D eigenvalue weighted by atomic mass is 9.90. The van der Waals surface area contributed by atoms with Crippen molar-refractivity contribution in [2.24, 2.45) is 5.73 Å². The summed E-state index contributed by atoms with van der Waals surface area (Å²) in [6.45, 7) is 1.60. The van der Waals surface area contributed by atoms with E-state index in [1.807, 2.05) is 12.1 Å². The molecular weight excluding hydrogens is 266 g/mol. The summed E-state index contributed by atoms with van der Waals surface area (Å²) >= 11 is 3.42. The summed E-state index contributed by atoms with van der Waals surface area (Å²) in [7, 11) is 0. The van der Waals surface area contributed by atoms with Crippen LogP contribution in [-0.4, -0.2) is 11.3 Å². The van der Waals surface area contributed by atoms with Gasteiger partial charge in [-0.15, -0.1) is 0 Å². The lowest BCUT2D eigenvalue weighted by Crippen LogP contribution is -2.43. The molecule has 0 heterocycles. The number of ketones is 1. The number of nitrogens with two attached hydrogens (primary N) is 1. The highest BCUT2D eigenvalue weighted by molar-refractivity contribution is 9.10. The minimum Gasteiger partial charge on any atom is -0.319 e. The van der Waals surface area contributed by atoms with Crippen LogP contribution in [0.2, 0.25) is 0 Å². The van der Waals surface area contributed by atoms with Crippen LogP contribution in [0.3, 0.4) is 0 Å². The van der Waals surface area contributed by atoms with E-state index in [1.54, 1.807) is 6.92 Å². The summed E-state index contributed by atoms with van der Waals surface area (Å²) in [6, 6.07) is 8.31. The number of carbonyl (C=O) groups is 1. The quantitative estimate of drug-likeness (QED) is 0.906. The van der Waals surface area contributed by atoms with Crippen molar-refractivity contribution in [3.63, 3.8) is 0 Å². The summed E-state index contributed by atoms with van der Waals surface area (Å²) < 4.78 is 1.08. The van der Waals surface area contributed by atoms with Crippen LogP contribution in [0.1, 0.15) is 37.7 Å². The number of Topliss-reactive ketones (excluding diaryl/α,β-unsaturated/α-hetero) is 1. The molecule has 1 aliphatic rings. The number of hydrogen-bond donors (Lipinski definition) is 1. The van der Waals surface area contributed by atoms with Gasteiger partial charge >= 0.3 is 0 Å². The Hall–Kier alpha value is -0.670. The van der Waals surface area contributed by atoms with E-state index >= 15 is 0 Å². The van der Waals surface area contributed by atoms with Gasteiger partial charge in [0, 0.05) is 4.47 Å². The topological polar surface area (TPSA) is 43.1 Å². The molecule has 0 saturated heterocycles. The highest BCUT2D eigenvalue weighted by Crippen LogP contribution is 2.40. The molecule has 2 nitrogen and oxygen atoms in total. The maximum Gasteiger partial charge on any atom is 0.149 e. The van der Waals surface area contributed by atoms with Crippen molar-refractivity contribution in [2.75, 3.05) is 0 Å². The van der Waals surface area contributed by atoms with Gasteiger partial charge in [-0.25, -0.2) is 0 Å². The SMILES string of the molecule is CC(=O)[C@@]1(N)CC[C@@H](c2ccc(Br)cc2)C1. The third kappa shape index (κ3) is 2.20. The molecule has 16 heavy (non-hydrogen) atoms. The van der Waals surface area contributed by atoms with Gasteiger partial charge in [-0.2, -0.15) is 0 Å². The maximum absolute atomic E-state index is 11.5. The fourth-order valence-corrected chi connectivity index (χ4v) is 2.68. The van der Waals surface area contributed by atoms with Crippen molar-refractivity contribution in [2.45, 2.75) is 37.6 Å². The zero-order chi connectivity index (χ0) is 11.8. The smallest absolute Gasteiger partial charge is 0.149 e. The number of halogens is 1. The third-order valence-electron chi connectivity index (χ3n) is 3.59. The van der Waals surface area contributed by atoms with Gasteiger partial charge in [-0.05, 0) is 49.8 Å². The predicted molar refractivity (Wildman–Crippen MR) is 68.3 cm³/mol. The van der Waals surface area contributed by atoms with Crippen LogP contribution >= 0.6 is 15.9 Å². The van der Waals surface area contributed by atoms with Crippen LogP contribution in [0.5, 0.6) is 0 Å². The molecule has 1 aliphatic carbocycles. The molecule has 1 fully saturated rings. The molecule has 1 aromatic carbocycles. The van der Waals surface area contributed by atoms with Gasteiger partial charge < -0.3 is 5.73 Å². The fourth-order valence-electron chi connectivity index (χ4n) is 2.41. The van der Waals surface area contributed by atoms with Crippen molar-refractivity contribution in [1.82, 2.24) is 0 Å². The Morgan fingerprint density at radius 3 is 2.56 bits per heavy atom. The van der Waals surface area contributed by atoms with Crippen molar-refractivity contribution in [1.29, 1.82) is 0 Å². The van der Waals surface area contributed by atoms with Crippen LogP contribution in [0.4, 0.5) is 0 Å². The van der Waals surface area contributed by atoms with Crippen LogP contribution in [-0.2, 0) is 4.79 Å². The Labute approximate surface area is 104 Å². The number of benzene rings is 1. The Balaban J connectivity index is 2.15. The third-order valence-corrected chi connectivity index (χ3v) is 4.12. The number of hydrogen-bond acceptors (Lipinski definition) is 2. The fraction of sp³-hybridized carbons (Fsp3) is 0.462. The Bertz CT molecular complexity index is 401. The zero-order valence-corrected chi connectivity index (χ0v) is 11.0. The summed E-state index contributed by atoms with van der Waals surface area (Å²) in [5, 5.41) is 0. The largest absolute Gasteiger partial charge is 0.319 e. The van der Waals surface area contributed by atoms with Crippen molar-refractivity contribution >= 4 is 21.7 Å². The molecule has 0 amide bonds. The first-order valence-electron chi connectivity index (χ1n) is 5.57. The molecule has 0 radical (unpaired) electrons. The molecule has 1 aromatic rings. The molecule has 3 heteroatoms. The second-order valence-corrected chi connectivity index (χ2v) is 5.62. The Kier molecular flexibility index (Phi) is 3.17. The van der Waals surface area contributed by atoms with Gasteiger partial charge in [0.1, 0.15) is 5.78 Å². The van der Waals surface area contributed by atoms with E-state index in [0.717, 1.165) is 23.7 Å². The van der Waals surface area contributed by atoms with Crippen LogP contribution in [0.15, 0.2) is 28.7 Å². The van der Waals surface area contributed by atoms with E-state index in [-0.39, 0.29) is 5.78 Å². The van der Waals surface area contributed by atoms with Gasteiger partial charge in [-0.1, -0.05) is 28.1 Å². The predicted octanol–water partition coefficient (Wildman–Crippen LogP) is 3.00. The average Bonchev–Trinajstić information content (AvgIpc) is 2.63.